The van der Waals surface area contributed by atoms with Crippen LogP contribution in [0.5, 0.6) is 0 Å². The summed E-state index contributed by atoms with van der Waals surface area (Å²) in [4.78, 5) is 4.82. The molecule has 5 aliphatic rings. The van der Waals surface area contributed by atoms with Gasteiger partial charge in [0.05, 0.1) is 12.2 Å². The Labute approximate surface area is 180 Å². The maximum atomic E-state index is 6.08. The predicted octanol–water partition coefficient (Wildman–Crippen LogP) is 3.32. The molecular formula is C21H36IN3O2. The van der Waals surface area contributed by atoms with Gasteiger partial charge in [0.2, 0.25) is 0 Å². The fourth-order valence-corrected chi connectivity index (χ4v) is 6.86. The summed E-state index contributed by atoms with van der Waals surface area (Å²) in [7, 11) is 0. The van der Waals surface area contributed by atoms with Crippen LogP contribution in [0.15, 0.2) is 4.99 Å². The Hall–Kier alpha value is -0.0800. The van der Waals surface area contributed by atoms with Crippen molar-refractivity contribution in [2.75, 3.05) is 19.8 Å². The van der Waals surface area contributed by atoms with Crippen molar-refractivity contribution in [3.63, 3.8) is 0 Å². The lowest BCUT2D eigenvalue weighted by atomic mass is 9.46. The number of fused-ring (bicyclic) bond motifs is 3. The minimum atomic E-state index is 0. The van der Waals surface area contributed by atoms with Crippen LogP contribution in [-0.4, -0.2) is 50.0 Å². The van der Waals surface area contributed by atoms with Gasteiger partial charge in [0.25, 0.3) is 0 Å². The van der Waals surface area contributed by atoms with Gasteiger partial charge in [-0.15, -0.1) is 24.0 Å². The van der Waals surface area contributed by atoms with Gasteiger partial charge in [0.1, 0.15) is 0 Å². The molecule has 5 nitrogen and oxygen atoms in total. The van der Waals surface area contributed by atoms with Crippen molar-refractivity contribution in [2.24, 2.45) is 27.7 Å². The number of aliphatic imine (C=N–C) groups is 1. The van der Waals surface area contributed by atoms with E-state index in [0.29, 0.717) is 41.5 Å². The third kappa shape index (κ3) is 2.87. The summed E-state index contributed by atoms with van der Waals surface area (Å²) in [6.45, 7) is 9.51. The van der Waals surface area contributed by atoms with Crippen molar-refractivity contribution in [1.82, 2.24) is 10.6 Å². The molecule has 3 saturated carbocycles. The summed E-state index contributed by atoms with van der Waals surface area (Å²) in [5, 5.41) is 7.70. The molecule has 1 spiro atoms. The molecule has 2 aliphatic heterocycles. The molecule has 0 radical (unpaired) electrons. The van der Waals surface area contributed by atoms with Crippen LogP contribution >= 0.6 is 24.0 Å². The standard InChI is InChI=1S/C21H35N3O2.HI/c1-4-22-19(23-15-13-7-5-11-25-17(13)20(15,2)3)24-16-14-8-12-26-18(14)21(16)9-6-10-21;/h13-18H,4-12H2,1-3H3,(H2,22,23,24);1H. The fraction of sp³-hybridized carbons (Fsp3) is 0.952. The Balaban J connectivity index is 0.00000180. The Kier molecular flexibility index (Phi) is 5.47. The molecule has 6 atom stereocenters. The van der Waals surface area contributed by atoms with Crippen LogP contribution in [-0.2, 0) is 9.47 Å². The number of hydrogen-bond acceptors (Lipinski definition) is 3. The highest BCUT2D eigenvalue weighted by molar-refractivity contribution is 14.0. The molecular weight excluding hydrogens is 453 g/mol. The summed E-state index contributed by atoms with van der Waals surface area (Å²) in [6, 6.07) is 1.00. The molecule has 5 fully saturated rings. The van der Waals surface area contributed by atoms with Crippen LogP contribution < -0.4 is 10.6 Å². The Bertz CT molecular complexity index is 592. The second kappa shape index (κ2) is 7.31. The van der Waals surface area contributed by atoms with Gasteiger partial charge in [-0.2, -0.15) is 0 Å². The van der Waals surface area contributed by atoms with E-state index in [1.54, 1.807) is 0 Å². The highest BCUT2D eigenvalue weighted by Gasteiger charge is 2.67. The molecule has 6 unspecified atom stereocenters. The van der Waals surface area contributed by atoms with E-state index in [1.165, 1.54) is 38.5 Å². The van der Waals surface area contributed by atoms with Crippen LogP contribution in [0, 0.1) is 22.7 Å². The van der Waals surface area contributed by atoms with Crippen LogP contribution in [0.2, 0.25) is 0 Å². The van der Waals surface area contributed by atoms with Crippen molar-refractivity contribution in [3.05, 3.63) is 0 Å². The molecule has 0 bridgehead atoms. The molecule has 0 aromatic rings. The van der Waals surface area contributed by atoms with Gasteiger partial charge < -0.3 is 20.1 Å². The molecule has 0 amide bonds. The van der Waals surface area contributed by atoms with E-state index in [1.807, 2.05) is 0 Å². The summed E-state index contributed by atoms with van der Waals surface area (Å²) in [5.41, 5.74) is 0.566. The number of hydrogen-bond donors (Lipinski definition) is 2. The lowest BCUT2D eigenvalue weighted by Gasteiger charge is -2.64. The Morgan fingerprint density at radius 1 is 0.963 bits per heavy atom. The van der Waals surface area contributed by atoms with E-state index in [2.05, 4.69) is 31.4 Å². The average Bonchev–Trinajstić information content (AvgIpc) is 3.01. The van der Waals surface area contributed by atoms with Crippen molar-refractivity contribution in [1.29, 1.82) is 0 Å². The quantitative estimate of drug-likeness (QED) is 0.363. The van der Waals surface area contributed by atoms with Gasteiger partial charge in [-0.1, -0.05) is 20.3 Å². The first kappa shape index (κ1) is 20.2. The molecule has 5 rings (SSSR count). The fourth-order valence-electron chi connectivity index (χ4n) is 6.86. The number of halogens is 1. The molecule has 0 aromatic heterocycles. The maximum absolute atomic E-state index is 6.08. The summed E-state index contributed by atoms with van der Waals surface area (Å²) in [6.07, 6.45) is 8.58. The summed E-state index contributed by atoms with van der Waals surface area (Å²) in [5.74, 6) is 2.33. The van der Waals surface area contributed by atoms with Gasteiger partial charge in [0.15, 0.2) is 5.96 Å². The highest BCUT2D eigenvalue weighted by atomic mass is 127. The monoisotopic (exact) mass is 489 g/mol. The number of guanidine groups is 1. The van der Waals surface area contributed by atoms with Gasteiger partial charge in [0, 0.05) is 54.5 Å². The lowest BCUT2D eigenvalue weighted by Crippen LogP contribution is -2.75. The Morgan fingerprint density at radius 2 is 1.67 bits per heavy atom. The molecule has 0 aromatic carbocycles. The van der Waals surface area contributed by atoms with Gasteiger partial charge in [-0.05, 0) is 39.0 Å². The van der Waals surface area contributed by atoms with E-state index in [-0.39, 0.29) is 29.4 Å². The topological polar surface area (TPSA) is 54.9 Å². The van der Waals surface area contributed by atoms with Crippen molar-refractivity contribution < 1.29 is 9.47 Å². The first-order valence-corrected chi connectivity index (χ1v) is 10.9. The largest absolute Gasteiger partial charge is 0.377 e. The molecule has 6 heteroatoms. The zero-order valence-corrected chi connectivity index (χ0v) is 19.3. The number of nitrogens with one attached hydrogen (secondary N) is 2. The van der Waals surface area contributed by atoms with E-state index >= 15 is 0 Å². The van der Waals surface area contributed by atoms with E-state index < -0.39 is 0 Å². The van der Waals surface area contributed by atoms with Crippen LogP contribution in [0.4, 0.5) is 0 Å². The zero-order chi connectivity index (χ0) is 17.9. The van der Waals surface area contributed by atoms with Crippen LogP contribution in [0.25, 0.3) is 0 Å². The van der Waals surface area contributed by atoms with Crippen molar-refractivity contribution >= 4 is 29.9 Å². The minimum absolute atomic E-state index is 0. The minimum Gasteiger partial charge on any atom is -0.377 e. The van der Waals surface area contributed by atoms with E-state index in [0.717, 1.165) is 25.7 Å². The first-order chi connectivity index (χ1) is 12.6. The third-order valence-electron chi connectivity index (χ3n) is 8.27. The SMILES string of the molecule is CCN=C(NC1C2CCCOC2C1(C)C)NC1C2CCOC2C12CCC2.I. The molecule has 27 heavy (non-hydrogen) atoms. The molecule has 2 N–H and O–H groups in total. The maximum Gasteiger partial charge on any atom is 0.191 e. The van der Waals surface area contributed by atoms with Gasteiger partial charge in [-0.25, -0.2) is 0 Å². The molecule has 3 aliphatic carbocycles. The van der Waals surface area contributed by atoms with Gasteiger partial charge >= 0.3 is 0 Å². The van der Waals surface area contributed by atoms with Crippen LogP contribution in [0.1, 0.15) is 59.3 Å². The summed E-state index contributed by atoms with van der Waals surface area (Å²) < 4.78 is 12.2. The highest BCUT2D eigenvalue weighted by Crippen LogP contribution is 2.62. The van der Waals surface area contributed by atoms with Crippen LogP contribution in [0.3, 0.4) is 0 Å². The second-order valence-corrected chi connectivity index (χ2v) is 9.82. The Morgan fingerprint density at radius 3 is 2.37 bits per heavy atom. The average molecular weight is 489 g/mol. The lowest BCUT2D eigenvalue weighted by molar-refractivity contribution is -0.189. The smallest absolute Gasteiger partial charge is 0.191 e. The number of rotatable bonds is 3. The molecule has 154 valence electrons. The number of ether oxygens (including phenoxy) is 2. The first-order valence-electron chi connectivity index (χ1n) is 10.9. The summed E-state index contributed by atoms with van der Waals surface area (Å²) >= 11 is 0. The second-order valence-electron chi connectivity index (χ2n) is 9.82. The normalized spacial score (nSPS) is 43.3. The molecule has 2 saturated heterocycles. The predicted molar refractivity (Wildman–Crippen MR) is 118 cm³/mol. The number of nitrogens with zero attached hydrogens (tertiary/aromatic N) is 1. The van der Waals surface area contributed by atoms with E-state index in [4.69, 9.17) is 14.5 Å². The zero-order valence-electron chi connectivity index (χ0n) is 17.0. The van der Waals surface area contributed by atoms with Gasteiger partial charge in [-0.3, -0.25) is 4.99 Å². The van der Waals surface area contributed by atoms with Crippen molar-refractivity contribution in [2.45, 2.75) is 83.6 Å². The van der Waals surface area contributed by atoms with Crippen molar-refractivity contribution in [3.8, 4) is 0 Å². The van der Waals surface area contributed by atoms with E-state index in [9.17, 15) is 0 Å². The molecule has 2 heterocycles. The third-order valence-corrected chi connectivity index (χ3v) is 8.27.